The SMILES string of the molecule is C=CCN(CCO)C(=O)CCN1C(=O)NC(C)(C)C1=O. The molecule has 1 aliphatic heterocycles. The summed E-state index contributed by atoms with van der Waals surface area (Å²) >= 11 is 0. The van der Waals surface area contributed by atoms with Crippen LogP contribution in [0.25, 0.3) is 0 Å². The van der Waals surface area contributed by atoms with E-state index < -0.39 is 11.6 Å². The van der Waals surface area contributed by atoms with Gasteiger partial charge in [0.05, 0.1) is 6.61 Å². The molecular weight excluding hydrogens is 262 g/mol. The molecule has 1 heterocycles. The van der Waals surface area contributed by atoms with Crippen LogP contribution in [-0.4, -0.2) is 64.5 Å². The predicted molar refractivity (Wildman–Crippen MR) is 72.8 cm³/mol. The van der Waals surface area contributed by atoms with E-state index in [2.05, 4.69) is 11.9 Å². The molecule has 0 aromatic heterocycles. The zero-order valence-corrected chi connectivity index (χ0v) is 11.9. The van der Waals surface area contributed by atoms with Gasteiger partial charge in [-0.25, -0.2) is 4.79 Å². The van der Waals surface area contributed by atoms with Crippen LogP contribution < -0.4 is 5.32 Å². The maximum absolute atomic E-state index is 12.0. The number of nitrogens with one attached hydrogen (secondary N) is 1. The first-order chi connectivity index (χ1) is 9.33. The number of amides is 4. The molecule has 7 nitrogen and oxygen atoms in total. The van der Waals surface area contributed by atoms with E-state index in [0.29, 0.717) is 6.54 Å². The van der Waals surface area contributed by atoms with Gasteiger partial charge in [-0.15, -0.1) is 6.58 Å². The predicted octanol–water partition coefficient (Wildman–Crippen LogP) is -0.286. The number of imide groups is 1. The van der Waals surface area contributed by atoms with Crippen LogP contribution in [-0.2, 0) is 9.59 Å². The van der Waals surface area contributed by atoms with Gasteiger partial charge in [-0.05, 0) is 13.8 Å². The monoisotopic (exact) mass is 283 g/mol. The summed E-state index contributed by atoms with van der Waals surface area (Å²) in [4.78, 5) is 38.0. The molecule has 0 aromatic carbocycles. The highest BCUT2D eigenvalue weighted by atomic mass is 16.3. The third kappa shape index (κ3) is 3.57. The minimum atomic E-state index is -0.925. The van der Waals surface area contributed by atoms with Crippen LogP contribution in [0, 0.1) is 0 Å². The lowest BCUT2D eigenvalue weighted by Crippen LogP contribution is -2.41. The molecule has 0 bridgehead atoms. The quantitative estimate of drug-likeness (QED) is 0.496. The molecule has 0 spiro atoms. The number of rotatable bonds is 7. The molecule has 1 aliphatic rings. The van der Waals surface area contributed by atoms with Crippen molar-refractivity contribution in [2.24, 2.45) is 0 Å². The first-order valence-corrected chi connectivity index (χ1v) is 6.47. The zero-order chi connectivity index (χ0) is 15.3. The van der Waals surface area contributed by atoms with E-state index in [1.807, 2.05) is 0 Å². The van der Waals surface area contributed by atoms with Gasteiger partial charge in [0.2, 0.25) is 5.91 Å². The van der Waals surface area contributed by atoms with Crippen LogP contribution in [0.1, 0.15) is 20.3 Å². The summed E-state index contributed by atoms with van der Waals surface area (Å²) in [5.41, 5.74) is -0.925. The third-order valence-corrected chi connectivity index (χ3v) is 3.07. The highest BCUT2D eigenvalue weighted by Gasteiger charge is 2.44. The zero-order valence-electron chi connectivity index (χ0n) is 11.9. The van der Waals surface area contributed by atoms with Crippen molar-refractivity contribution >= 4 is 17.8 Å². The normalized spacial score (nSPS) is 17.1. The van der Waals surface area contributed by atoms with Gasteiger partial charge in [0.25, 0.3) is 5.91 Å². The molecular formula is C13H21N3O4. The van der Waals surface area contributed by atoms with Crippen LogP contribution in [0.5, 0.6) is 0 Å². The van der Waals surface area contributed by atoms with Crippen molar-refractivity contribution in [1.29, 1.82) is 0 Å². The standard InChI is InChI=1S/C13H21N3O4/c1-4-6-15(8-9-17)10(18)5-7-16-11(19)13(2,3)14-12(16)20/h4,17H,1,5-9H2,2-3H3,(H,14,20). The molecule has 0 aromatic rings. The average molecular weight is 283 g/mol. The van der Waals surface area contributed by atoms with Gasteiger partial charge in [0, 0.05) is 26.1 Å². The van der Waals surface area contributed by atoms with Gasteiger partial charge in [-0.1, -0.05) is 6.08 Å². The topological polar surface area (TPSA) is 89.9 Å². The summed E-state index contributed by atoms with van der Waals surface area (Å²) in [5, 5.41) is 11.4. The summed E-state index contributed by atoms with van der Waals surface area (Å²) in [5.74, 6) is -0.572. The number of aliphatic hydroxyl groups excluding tert-OH is 1. The molecule has 0 unspecified atom stereocenters. The summed E-state index contributed by atoms with van der Waals surface area (Å²) in [7, 11) is 0. The Balaban J connectivity index is 2.58. The van der Waals surface area contributed by atoms with Crippen LogP contribution in [0.15, 0.2) is 12.7 Å². The maximum atomic E-state index is 12.0. The van der Waals surface area contributed by atoms with Crippen LogP contribution in [0.3, 0.4) is 0 Å². The molecule has 4 amide bonds. The first kappa shape index (κ1) is 16.2. The lowest BCUT2D eigenvalue weighted by atomic mass is 10.1. The largest absolute Gasteiger partial charge is 0.395 e. The molecule has 7 heteroatoms. The van der Waals surface area contributed by atoms with E-state index in [0.717, 1.165) is 4.90 Å². The Morgan fingerprint density at radius 1 is 1.50 bits per heavy atom. The van der Waals surface area contributed by atoms with Crippen molar-refractivity contribution in [3.8, 4) is 0 Å². The molecule has 0 radical (unpaired) electrons. The number of nitrogens with zero attached hydrogens (tertiary/aromatic N) is 2. The fourth-order valence-electron chi connectivity index (χ4n) is 1.98. The molecule has 112 valence electrons. The van der Waals surface area contributed by atoms with E-state index in [1.54, 1.807) is 19.9 Å². The highest BCUT2D eigenvalue weighted by Crippen LogP contribution is 2.16. The summed E-state index contributed by atoms with van der Waals surface area (Å²) in [6.45, 7) is 7.19. The first-order valence-electron chi connectivity index (χ1n) is 6.47. The highest BCUT2D eigenvalue weighted by molar-refractivity contribution is 6.06. The van der Waals surface area contributed by atoms with Crippen molar-refractivity contribution in [3.63, 3.8) is 0 Å². The van der Waals surface area contributed by atoms with Gasteiger partial charge in [0.15, 0.2) is 0 Å². The number of hydrogen-bond donors (Lipinski definition) is 2. The van der Waals surface area contributed by atoms with Crippen molar-refractivity contribution < 1.29 is 19.5 Å². The number of urea groups is 1. The molecule has 0 atom stereocenters. The number of carbonyl (C=O) groups excluding carboxylic acids is 3. The maximum Gasteiger partial charge on any atom is 0.325 e. The summed E-state index contributed by atoms with van der Waals surface area (Å²) < 4.78 is 0. The second-order valence-electron chi connectivity index (χ2n) is 5.11. The number of aliphatic hydroxyl groups is 1. The smallest absolute Gasteiger partial charge is 0.325 e. The second-order valence-corrected chi connectivity index (χ2v) is 5.11. The minimum absolute atomic E-state index is 0.0308. The van der Waals surface area contributed by atoms with E-state index >= 15 is 0 Å². The lowest BCUT2D eigenvalue weighted by Gasteiger charge is -2.21. The molecule has 1 saturated heterocycles. The Morgan fingerprint density at radius 3 is 2.60 bits per heavy atom. The van der Waals surface area contributed by atoms with Crippen LogP contribution in [0.4, 0.5) is 4.79 Å². The average Bonchev–Trinajstić information content (AvgIpc) is 2.56. The van der Waals surface area contributed by atoms with Crippen molar-refractivity contribution in [1.82, 2.24) is 15.1 Å². The molecule has 1 rings (SSSR count). The van der Waals surface area contributed by atoms with Crippen molar-refractivity contribution in [3.05, 3.63) is 12.7 Å². The van der Waals surface area contributed by atoms with Gasteiger partial charge < -0.3 is 15.3 Å². The molecule has 0 saturated carbocycles. The number of carbonyl (C=O) groups is 3. The van der Waals surface area contributed by atoms with E-state index in [9.17, 15) is 14.4 Å². The van der Waals surface area contributed by atoms with Crippen LogP contribution >= 0.6 is 0 Å². The molecule has 2 N–H and O–H groups in total. The fraction of sp³-hybridized carbons (Fsp3) is 0.615. The van der Waals surface area contributed by atoms with Crippen molar-refractivity contribution in [2.75, 3.05) is 26.2 Å². The lowest BCUT2D eigenvalue weighted by molar-refractivity contribution is -0.133. The van der Waals surface area contributed by atoms with Gasteiger partial charge >= 0.3 is 6.03 Å². The summed E-state index contributed by atoms with van der Waals surface area (Å²) in [6.07, 6.45) is 1.59. The van der Waals surface area contributed by atoms with E-state index in [1.165, 1.54) is 4.90 Å². The fourth-order valence-corrected chi connectivity index (χ4v) is 1.98. The number of hydrogen-bond acceptors (Lipinski definition) is 4. The Bertz CT molecular complexity index is 420. The third-order valence-electron chi connectivity index (χ3n) is 3.07. The van der Waals surface area contributed by atoms with E-state index in [-0.39, 0.29) is 37.9 Å². The Kier molecular flexibility index (Phi) is 5.26. The Hall–Kier alpha value is -1.89. The Labute approximate surface area is 118 Å². The molecule has 20 heavy (non-hydrogen) atoms. The summed E-state index contributed by atoms with van der Waals surface area (Å²) in [6, 6.07) is -0.481. The van der Waals surface area contributed by atoms with Crippen molar-refractivity contribution in [2.45, 2.75) is 25.8 Å². The van der Waals surface area contributed by atoms with Gasteiger partial charge in [0.1, 0.15) is 5.54 Å². The minimum Gasteiger partial charge on any atom is -0.395 e. The molecule has 0 aliphatic carbocycles. The van der Waals surface area contributed by atoms with Gasteiger partial charge in [-0.2, -0.15) is 0 Å². The van der Waals surface area contributed by atoms with Crippen LogP contribution in [0.2, 0.25) is 0 Å². The molecule has 1 fully saturated rings. The Morgan fingerprint density at radius 2 is 2.15 bits per heavy atom. The van der Waals surface area contributed by atoms with Gasteiger partial charge in [-0.3, -0.25) is 14.5 Å². The second kappa shape index (κ2) is 6.51. The van der Waals surface area contributed by atoms with E-state index in [4.69, 9.17) is 5.11 Å².